The number of hydrogen-bond donors (Lipinski definition) is 0. The van der Waals surface area contributed by atoms with Crippen molar-refractivity contribution in [2.24, 2.45) is 0 Å². The molecule has 0 bridgehead atoms. The van der Waals surface area contributed by atoms with Gasteiger partial charge in [-0.1, -0.05) is 23.9 Å². The first-order valence-electron chi connectivity index (χ1n) is 9.74. The fourth-order valence-corrected chi connectivity index (χ4v) is 4.33. The lowest BCUT2D eigenvalue weighted by Crippen LogP contribution is -2.05. The molecule has 0 radical (unpaired) electrons. The summed E-state index contributed by atoms with van der Waals surface area (Å²) in [5.74, 6) is 0.532. The highest BCUT2D eigenvalue weighted by Crippen LogP contribution is 2.28. The second-order valence-corrected chi connectivity index (χ2v) is 8.62. The van der Waals surface area contributed by atoms with E-state index in [4.69, 9.17) is 14.5 Å². The van der Waals surface area contributed by atoms with Crippen molar-refractivity contribution in [2.45, 2.75) is 37.7 Å². The maximum Gasteiger partial charge on any atom is 0.338 e. The molecule has 0 saturated heterocycles. The summed E-state index contributed by atoms with van der Waals surface area (Å²) >= 11 is 4.03. The van der Waals surface area contributed by atoms with Crippen LogP contribution in [-0.2, 0) is 21.8 Å². The topological polar surface area (TPSA) is 53.4 Å². The van der Waals surface area contributed by atoms with Gasteiger partial charge >= 0.3 is 5.97 Å². The minimum Gasteiger partial charge on any atom is -0.462 e. The molecule has 5 nitrogen and oxygen atoms in total. The maximum absolute atomic E-state index is 12.1. The Balaban J connectivity index is 1.85. The van der Waals surface area contributed by atoms with Crippen molar-refractivity contribution in [3.05, 3.63) is 57.2 Å². The average Bonchev–Trinajstić information content (AvgIpc) is 3.07. The lowest BCUT2D eigenvalue weighted by molar-refractivity contribution is 0.0526. The van der Waals surface area contributed by atoms with Gasteiger partial charge in [0.05, 0.1) is 23.2 Å². The molecule has 0 unspecified atom stereocenters. The molecule has 3 aromatic rings. The summed E-state index contributed by atoms with van der Waals surface area (Å²) < 4.78 is 14.1. The third kappa shape index (κ3) is 5.96. The number of aryl methyl sites for hydroxylation is 1. The van der Waals surface area contributed by atoms with Gasteiger partial charge < -0.3 is 14.0 Å². The van der Waals surface area contributed by atoms with E-state index in [9.17, 15) is 4.79 Å². The van der Waals surface area contributed by atoms with Gasteiger partial charge in [-0.25, -0.2) is 9.78 Å². The van der Waals surface area contributed by atoms with Crippen LogP contribution in [0.3, 0.4) is 0 Å². The van der Waals surface area contributed by atoms with Crippen LogP contribution in [0.25, 0.3) is 11.0 Å². The number of thioether (sulfide) groups is 1. The number of carbonyl (C=O) groups excluding carboxylic acids is 1. The van der Waals surface area contributed by atoms with Crippen molar-refractivity contribution >= 4 is 51.4 Å². The predicted molar refractivity (Wildman–Crippen MR) is 126 cm³/mol. The molecular weight excluding hydrogens is 499 g/mol. The molecular formula is C22H25IN2O3S. The Labute approximate surface area is 189 Å². The normalized spacial score (nSPS) is 11.1. The molecule has 0 aliphatic carbocycles. The van der Waals surface area contributed by atoms with Crippen molar-refractivity contribution in [1.29, 1.82) is 0 Å². The molecule has 0 N–H and O–H groups in total. The Bertz CT molecular complexity index is 957. The van der Waals surface area contributed by atoms with Crippen LogP contribution in [0, 0.1) is 3.57 Å². The van der Waals surface area contributed by atoms with Gasteiger partial charge in [0, 0.05) is 29.1 Å². The first-order valence-corrected chi connectivity index (χ1v) is 11.8. The fraction of sp³-hybridized carbons (Fsp3) is 0.364. The van der Waals surface area contributed by atoms with E-state index in [1.165, 1.54) is 9.13 Å². The number of benzene rings is 2. The second-order valence-electron chi connectivity index (χ2n) is 6.44. The van der Waals surface area contributed by atoms with E-state index >= 15 is 0 Å². The number of hydrogen-bond acceptors (Lipinski definition) is 5. The van der Waals surface area contributed by atoms with E-state index < -0.39 is 0 Å². The molecule has 154 valence electrons. The Morgan fingerprint density at radius 2 is 1.93 bits per heavy atom. The molecule has 0 amide bonds. The lowest BCUT2D eigenvalue weighted by atomic mass is 10.2. The van der Waals surface area contributed by atoms with Crippen LogP contribution in [0.2, 0.25) is 0 Å². The van der Waals surface area contributed by atoms with Crippen molar-refractivity contribution in [3.8, 4) is 0 Å². The highest BCUT2D eigenvalue weighted by molar-refractivity contribution is 14.1. The summed E-state index contributed by atoms with van der Waals surface area (Å²) in [5, 5.41) is 0.955. The first kappa shape index (κ1) is 22.1. The molecule has 2 aromatic carbocycles. The quantitative estimate of drug-likeness (QED) is 0.151. The molecule has 1 aromatic heterocycles. The second kappa shape index (κ2) is 11.0. The lowest BCUT2D eigenvalue weighted by Gasteiger charge is -2.09. The molecule has 7 heteroatoms. The molecule has 1 heterocycles. The molecule has 0 spiro atoms. The van der Waals surface area contributed by atoms with Crippen LogP contribution >= 0.6 is 34.4 Å². The van der Waals surface area contributed by atoms with E-state index in [0.717, 1.165) is 48.1 Å². The summed E-state index contributed by atoms with van der Waals surface area (Å²) in [7, 11) is 0. The molecule has 0 atom stereocenters. The van der Waals surface area contributed by atoms with Crippen LogP contribution in [0.15, 0.2) is 47.6 Å². The zero-order valence-electron chi connectivity index (χ0n) is 16.7. The fourth-order valence-electron chi connectivity index (χ4n) is 2.97. The van der Waals surface area contributed by atoms with Crippen molar-refractivity contribution < 1.29 is 14.3 Å². The Morgan fingerprint density at radius 3 is 2.66 bits per heavy atom. The van der Waals surface area contributed by atoms with E-state index in [1.54, 1.807) is 11.8 Å². The molecule has 0 aliphatic rings. The number of fused-ring (bicyclic) bond motifs is 1. The minimum absolute atomic E-state index is 0.312. The molecule has 0 fully saturated rings. The van der Waals surface area contributed by atoms with Gasteiger partial charge in [0.2, 0.25) is 0 Å². The van der Waals surface area contributed by atoms with Gasteiger partial charge in [0.1, 0.15) is 0 Å². The van der Waals surface area contributed by atoms with Crippen LogP contribution in [0.1, 0.15) is 36.2 Å². The Morgan fingerprint density at radius 1 is 1.14 bits per heavy atom. The van der Waals surface area contributed by atoms with Crippen molar-refractivity contribution in [1.82, 2.24) is 9.55 Å². The number of ether oxygens (including phenoxy) is 2. The summed E-state index contributed by atoms with van der Waals surface area (Å²) in [5.41, 5.74) is 3.64. The summed E-state index contributed by atoms with van der Waals surface area (Å²) in [4.78, 5) is 16.9. The highest BCUT2D eigenvalue weighted by atomic mass is 127. The average molecular weight is 524 g/mol. The van der Waals surface area contributed by atoms with Gasteiger partial charge in [0.15, 0.2) is 5.16 Å². The summed E-state index contributed by atoms with van der Waals surface area (Å²) in [6.07, 6.45) is 0.913. The molecule has 0 aliphatic heterocycles. The largest absolute Gasteiger partial charge is 0.462 e. The van der Waals surface area contributed by atoms with Gasteiger partial charge in [-0.15, -0.1) is 0 Å². The third-order valence-corrected chi connectivity index (χ3v) is 6.15. The van der Waals surface area contributed by atoms with Gasteiger partial charge in [0.25, 0.3) is 0 Å². The predicted octanol–water partition coefficient (Wildman–Crippen LogP) is 5.54. The van der Waals surface area contributed by atoms with Crippen molar-refractivity contribution in [3.63, 3.8) is 0 Å². The maximum atomic E-state index is 12.1. The third-order valence-electron chi connectivity index (χ3n) is 4.38. The Kier molecular flexibility index (Phi) is 8.38. The minimum atomic E-state index is -0.312. The van der Waals surface area contributed by atoms with Gasteiger partial charge in [-0.3, -0.25) is 0 Å². The number of aromatic nitrogens is 2. The molecule has 3 rings (SSSR count). The first-order chi connectivity index (χ1) is 14.1. The smallest absolute Gasteiger partial charge is 0.338 e. The Hall–Kier alpha value is -1.58. The van der Waals surface area contributed by atoms with E-state index in [2.05, 4.69) is 51.4 Å². The van der Waals surface area contributed by atoms with E-state index in [-0.39, 0.29) is 5.97 Å². The monoisotopic (exact) mass is 524 g/mol. The van der Waals surface area contributed by atoms with Crippen molar-refractivity contribution in [2.75, 3.05) is 19.8 Å². The summed E-state index contributed by atoms with van der Waals surface area (Å²) in [6.45, 7) is 6.44. The number of rotatable bonds is 10. The van der Waals surface area contributed by atoms with E-state index in [0.29, 0.717) is 12.2 Å². The molecule has 0 saturated carbocycles. The van der Waals surface area contributed by atoms with E-state index in [1.807, 2.05) is 32.0 Å². The standard InChI is InChI=1S/C22H25IN2O3S/c1-3-27-13-5-12-25-20-11-8-17(21(26)28-4-2)14-19(20)24-22(25)29-15-16-6-9-18(23)10-7-16/h6-11,14H,3-5,12-13,15H2,1-2H3. The van der Waals surface area contributed by atoms with Gasteiger partial charge in [-0.2, -0.15) is 0 Å². The van der Waals surface area contributed by atoms with Crippen LogP contribution < -0.4 is 0 Å². The SMILES string of the molecule is CCOCCCn1c(SCc2ccc(I)cc2)nc2cc(C(=O)OCC)ccc21. The number of carbonyl (C=O) groups is 1. The highest BCUT2D eigenvalue weighted by Gasteiger charge is 2.15. The van der Waals surface area contributed by atoms with Crippen LogP contribution in [0.4, 0.5) is 0 Å². The van der Waals surface area contributed by atoms with Crippen LogP contribution in [-0.4, -0.2) is 35.3 Å². The number of esters is 1. The molecule has 29 heavy (non-hydrogen) atoms. The zero-order chi connectivity index (χ0) is 20.6. The number of imidazole rings is 1. The number of halogens is 1. The zero-order valence-corrected chi connectivity index (χ0v) is 19.7. The van der Waals surface area contributed by atoms with Gasteiger partial charge in [-0.05, 0) is 78.8 Å². The van der Waals surface area contributed by atoms with Crippen LogP contribution in [0.5, 0.6) is 0 Å². The summed E-state index contributed by atoms with van der Waals surface area (Å²) in [6, 6.07) is 14.1. The number of nitrogens with zero attached hydrogens (tertiary/aromatic N) is 2.